The molecular weight excluding hydrogens is 422 g/mol. The molecule has 6 rings (SSSR count). The van der Waals surface area contributed by atoms with Crippen LogP contribution in [0.2, 0.25) is 0 Å². The molecule has 34 heavy (non-hydrogen) atoms. The third-order valence-corrected chi connectivity index (χ3v) is 7.33. The molecule has 6 nitrogen and oxygen atoms in total. The number of carbonyl (C=O) groups is 1. The molecule has 3 aliphatic rings. The Hall–Kier alpha value is -3.25. The Kier molecular flexibility index (Phi) is 6.33. The maximum absolute atomic E-state index is 12.5. The van der Waals surface area contributed by atoms with Crippen LogP contribution in [0.4, 0.5) is 5.69 Å². The van der Waals surface area contributed by atoms with E-state index in [1.807, 2.05) is 37.3 Å². The number of aromatic nitrogens is 2. The van der Waals surface area contributed by atoms with Gasteiger partial charge in [-0.25, -0.2) is 9.97 Å². The molecule has 2 aromatic carbocycles. The van der Waals surface area contributed by atoms with E-state index in [9.17, 15) is 4.79 Å². The van der Waals surface area contributed by atoms with Crippen LogP contribution < -0.4 is 10.2 Å². The lowest BCUT2D eigenvalue weighted by molar-refractivity contribution is 0.0290. The topological polar surface area (TPSA) is 61.4 Å². The minimum absolute atomic E-state index is 0.0103. The fraction of sp³-hybridized carbons (Fsp3) is 0.393. The zero-order chi connectivity index (χ0) is 23.7. The van der Waals surface area contributed by atoms with Crippen molar-refractivity contribution in [2.24, 2.45) is 5.92 Å². The molecule has 176 valence electrons. The number of fused-ring (bicyclic) bond motifs is 3. The van der Waals surface area contributed by atoms with Gasteiger partial charge in [0.1, 0.15) is 5.82 Å². The summed E-state index contributed by atoms with van der Waals surface area (Å²) in [5, 5.41) is 3.15. The zero-order valence-corrected chi connectivity index (χ0v) is 20.2. The largest absolute Gasteiger partial charge is 0.378 e. The highest BCUT2D eigenvalue weighted by Crippen LogP contribution is 2.41. The fourth-order valence-electron chi connectivity index (χ4n) is 5.45. The summed E-state index contributed by atoms with van der Waals surface area (Å²) >= 11 is 0. The van der Waals surface area contributed by atoms with Crippen molar-refractivity contribution in [1.82, 2.24) is 20.2 Å². The summed E-state index contributed by atoms with van der Waals surface area (Å²) in [6.07, 6.45) is 2.28. The molecule has 4 atom stereocenters. The van der Waals surface area contributed by atoms with Gasteiger partial charge in [-0.2, -0.15) is 0 Å². The first-order valence-corrected chi connectivity index (χ1v) is 12.2. The van der Waals surface area contributed by atoms with Crippen LogP contribution in [0.25, 0.3) is 11.3 Å². The molecule has 1 amide bonds. The molecule has 4 heterocycles. The average Bonchev–Trinajstić information content (AvgIpc) is 2.87. The molecule has 0 saturated carbocycles. The number of carbonyl (C=O) groups excluding carboxylic acids is 1. The van der Waals surface area contributed by atoms with Crippen LogP contribution in [0.5, 0.6) is 0 Å². The third kappa shape index (κ3) is 4.68. The molecule has 0 aliphatic carbocycles. The second-order valence-electron chi connectivity index (χ2n) is 9.78. The average molecular weight is 456 g/mol. The van der Waals surface area contributed by atoms with E-state index in [2.05, 4.69) is 59.5 Å². The smallest absolute Gasteiger partial charge is 0.251 e. The number of piperidine rings is 3. The van der Waals surface area contributed by atoms with Crippen molar-refractivity contribution < 1.29 is 4.79 Å². The number of rotatable bonds is 6. The van der Waals surface area contributed by atoms with Gasteiger partial charge in [-0.1, -0.05) is 30.3 Å². The zero-order valence-electron chi connectivity index (χ0n) is 20.2. The van der Waals surface area contributed by atoms with Crippen LogP contribution in [0.15, 0.2) is 60.7 Å². The van der Waals surface area contributed by atoms with Gasteiger partial charge in [-0.15, -0.1) is 0 Å². The number of nitrogens with one attached hydrogen (secondary N) is 1. The second kappa shape index (κ2) is 9.55. The van der Waals surface area contributed by atoms with Gasteiger partial charge in [0.2, 0.25) is 0 Å². The molecule has 6 heteroatoms. The Morgan fingerprint density at radius 2 is 1.85 bits per heavy atom. The van der Waals surface area contributed by atoms with E-state index in [-0.39, 0.29) is 5.91 Å². The number of aryl methyl sites for hydroxylation is 1. The van der Waals surface area contributed by atoms with Gasteiger partial charge in [-0.3, -0.25) is 9.69 Å². The predicted molar refractivity (Wildman–Crippen MR) is 136 cm³/mol. The number of benzene rings is 2. The number of hydrogen-bond donors (Lipinski definition) is 1. The lowest BCUT2D eigenvalue weighted by Crippen LogP contribution is -2.56. The summed E-state index contributed by atoms with van der Waals surface area (Å²) in [7, 11) is 4.10. The lowest BCUT2D eigenvalue weighted by atomic mass is 9.74. The first kappa shape index (κ1) is 22.5. The Morgan fingerprint density at radius 1 is 1.09 bits per heavy atom. The highest BCUT2D eigenvalue weighted by atomic mass is 16.1. The van der Waals surface area contributed by atoms with Crippen LogP contribution in [0, 0.1) is 12.8 Å². The van der Waals surface area contributed by atoms with Crippen molar-refractivity contribution in [1.29, 1.82) is 0 Å². The van der Waals surface area contributed by atoms with Crippen LogP contribution >= 0.6 is 0 Å². The molecule has 3 fully saturated rings. The van der Waals surface area contributed by atoms with Gasteiger partial charge in [-0.05, 0) is 62.6 Å². The molecule has 0 spiro atoms. The van der Waals surface area contributed by atoms with E-state index in [0.717, 1.165) is 47.8 Å². The number of anilines is 1. The molecule has 3 aliphatic heterocycles. The maximum atomic E-state index is 12.5. The Balaban J connectivity index is 1.28. The van der Waals surface area contributed by atoms with Gasteiger partial charge < -0.3 is 10.2 Å². The standard InChI is InChI=1S/C28H33N5O/c1-19-30-26(20-9-11-23(12-10-20)32(2)3)16-27(31-19)25-18-33-14-13-22(25)15-24(33)17-29-28(34)21-7-5-4-6-8-21/h4-12,16,22,24-25H,13-15,17-18H2,1-3H3,(H,29,34). The van der Waals surface area contributed by atoms with Crippen molar-refractivity contribution in [3.63, 3.8) is 0 Å². The van der Waals surface area contributed by atoms with Crippen LogP contribution in [-0.4, -0.2) is 60.5 Å². The molecular formula is C28H33N5O. The monoisotopic (exact) mass is 455 g/mol. The Morgan fingerprint density at radius 3 is 2.53 bits per heavy atom. The lowest BCUT2D eigenvalue weighted by Gasteiger charge is -2.49. The number of nitrogens with zero attached hydrogens (tertiary/aromatic N) is 4. The molecule has 4 unspecified atom stereocenters. The minimum atomic E-state index is 0.0103. The van der Waals surface area contributed by atoms with Crippen molar-refractivity contribution in [3.05, 3.63) is 77.7 Å². The van der Waals surface area contributed by atoms with Gasteiger partial charge in [0.15, 0.2) is 0 Å². The molecule has 1 aromatic heterocycles. The van der Waals surface area contributed by atoms with Crippen LogP contribution in [0.1, 0.15) is 40.6 Å². The van der Waals surface area contributed by atoms with E-state index in [4.69, 9.17) is 9.97 Å². The van der Waals surface area contributed by atoms with Gasteiger partial charge in [0.25, 0.3) is 5.91 Å². The molecule has 3 aromatic rings. The van der Waals surface area contributed by atoms with E-state index >= 15 is 0 Å². The van der Waals surface area contributed by atoms with Crippen molar-refractivity contribution in [2.45, 2.75) is 31.7 Å². The fourth-order valence-corrected chi connectivity index (χ4v) is 5.45. The summed E-state index contributed by atoms with van der Waals surface area (Å²) in [5.74, 6) is 1.83. The van der Waals surface area contributed by atoms with E-state index in [1.54, 1.807) is 0 Å². The van der Waals surface area contributed by atoms with Crippen LogP contribution in [0.3, 0.4) is 0 Å². The van der Waals surface area contributed by atoms with Gasteiger partial charge in [0.05, 0.1) is 5.69 Å². The van der Waals surface area contributed by atoms with Gasteiger partial charge in [0, 0.05) is 61.7 Å². The minimum Gasteiger partial charge on any atom is -0.378 e. The van der Waals surface area contributed by atoms with Gasteiger partial charge >= 0.3 is 0 Å². The van der Waals surface area contributed by atoms with Crippen LogP contribution in [-0.2, 0) is 0 Å². The van der Waals surface area contributed by atoms with E-state index in [0.29, 0.717) is 24.4 Å². The summed E-state index contributed by atoms with van der Waals surface area (Å²) in [5.41, 5.74) is 5.17. The van der Waals surface area contributed by atoms with Crippen molar-refractivity contribution >= 4 is 11.6 Å². The second-order valence-corrected chi connectivity index (χ2v) is 9.78. The SMILES string of the molecule is Cc1nc(-c2ccc(N(C)C)cc2)cc(C2CN3CCC2CC3CNC(=O)c2ccccc2)n1. The highest BCUT2D eigenvalue weighted by molar-refractivity contribution is 5.94. The molecule has 2 bridgehead atoms. The summed E-state index contributed by atoms with van der Waals surface area (Å²) in [6.45, 7) is 4.77. The molecule has 1 N–H and O–H groups in total. The maximum Gasteiger partial charge on any atom is 0.251 e. The molecule has 3 saturated heterocycles. The summed E-state index contributed by atoms with van der Waals surface area (Å²) in [6, 6.07) is 20.6. The number of hydrogen-bond acceptors (Lipinski definition) is 5. The predicted octanol–water partition coefficient (Wildman–Crippen LogP) is 4.13. The molecule has 0 radical (unpaired) electrons. The quantitative estimate of drug-likeness (QED) is 0.606. The Labute approximate surface area is 202 Å². The van der Waals surface area contributed by atoms with Crippen molar-refractivity contribution in [3.8, 4) is 11.3 Å². The normalized spacial score (nSPS) is 23.5. The first-order valence-electron chi connectivity index (χ1n) is 12.2. The third-order valence-electron chi connectivity index (χ3n) is 7.33. The van der Waals surface area contributed by atoms with E-state index in [1.165, 1.54) is 12.1 Å². The first-order chi connectivity index (χ1) is 16.5. The van der Waals surface area contributed by atoms with Crippen molar-refractivity contribution in [2.75, 3.05) is 38.6 Å². The summed E-state index contributed by atoms with van der Waals surface area (Å²) in [4.78, 5) is 26.8. The Bertz CT molecular complexity index is 1150. The number of amides is 1. The summed E-state index contributed by atoms with van der Waals surface area (Å²) < 4.78 is 0. The highest BCUT2D eigenvalue weighted by Gasteiger charge is 2.41. The van der Waals surface area contributed by atoms with E-state index < -0.39 is 0 Å².